The largest absolute Gasteiger partial charge is 0.373 e. The summed E-state index contributed by atoms with van der Waals surface area (Å²) in [6.45, 7) is 2.28. The third-order valence-corrected chi connectivity index (χ3v) is 7.54. The lowest BCUT2D eigenvalue weighted by atomic mass is 10.0. The Kier molecular flexibility index (Phi) is 15.0. The number of rotatable bonds is 21. The van der Waals surface area contributed by atoms with Crippen molar-refractivity contribution in [3.05, 3.63) is 16.7 Å². The van der Waals surface area contributed by atoms with Crippen molar-refractivity contribution in [2.24, 2.45) is 0 Å². The maximum Gasteiger partial charge on any atom is 0.280 e. The molecule has 7 nitrogen and oxygen atoms in total. The van der Waals surface area contributed by atoms with Crippen molar-refractivity contribution < 1.29 is 5.11 Å². The van der Waals surface area contributed by atoms with Gasteiger partial charge in [-0.3, -0.25) is 14.3 Å². The third kappa shape index (κ3) is 11.3. The van der Waals surface area contributed by atoms with Gasteiger partial charge >= 0.3 is 0 Å². The average Bonchev–Trinajstić information content (AvgIpc) is 3.24. The van der Waals surface area contributed by atoms with E-state index in [4.69, 9.17) is 5.73 Å². The molecule has 0 bridgehead atoms. The number of aliphatic hydroxyl groups excluding tert-OH is 1. The zero-order valence-corrected chi connectivity index (χ0v) is 22.1. The van der Waals surface area contributed by atoms with Gasteiger partial charge in [-0.05, 0) is 17.9 Å². The molecule has 0 aliphatic rings. The van der Waals surface area contributed by atoms with E-state index in [1.807, 2.05) is 11.8 Å². The number of imidazole rings is 1. The van der Waals surface area contributed by atoms with Crippen molar-refractivity contribution in [3.63, 3.8) is 0 Å². The molecular formula is C26H47N5O2S. The number of nitrogens with zero attached hydrogens (tertiary/aromatic N) is 3. The second-order valence-corrected chi connectivity index (χ2v) is 10.7. The topological polar surface area (TPSA) is 110 Å². The minimum atomic E-state index is -0.753. The molecular weight excluding hydrogens is 446 g/mol. The summed E-state index contributed by atoms with van der Waals surface area (Å²) < 4.78 is 1.52. The molecule has 34 heavy (non-hydrogen) atoms. The number of aromatic amines is 1. The number of thioether (sulfide) groups is 1. The summed E-state index contributed by atoms with van der Waals surface area (Å²) in [5.74, 6) is 2.02. The van der Waals surface area contributed by atoms with Gasteiger partial charge in [0.05, 0.1) is 6.33 Å². The number of nitrogens with one attached hydrogen (secondary N) is 1. The van der Waals surface area contributed by atoms with Gasteiger partial charge in [0.15, 0.2) is 11.2 Å². The highest BCUT2D eigenvalue weighted by Crippen LogP contribution is 2.19. The van der Waals surface area contributed by atoms with E-state index in [-0.39, 0.29) is 17.0 Å². The summed E-state index contributed by atoms with van der Waals surface area (Å²) in [5.41, 5.74) is 5.76. The summed E-state index contributed by atoms with van der Waals surface area (Å²) in [5, 5.41) is 10.4. The second-order valence-electron chi connectivity index (χ2n) is 9.46. The Morgan fingerprint density at radius 2 is 1.44 bits per heavy atom. The minimum Gasteiger partial charge on any atom is -0.373 e. The Balaban J connectivity index is 1.37. The number of aromatic nitrogens is 4. The van der Waals surface area contributed by atoms with Crippen LogP contribution in [-0.4, -0.2) is 36.1 Å². The molecule has 0 saturated heterocycles. The molecule has 2 aromatic rings. The van der Waals surface area contributed by atoms with Crippen molar-refractivity contribution in [2.75, 3.05) is 17.2 Å². The molecule has 0 aromatic carbocycles. The van der Waals surface area contributed by atoms with E-state index in [9.17, 15) is 9.90 Å². The standard InChI is InChI=1S/C26H47N5O2S/c1-2-3-4-5-6-7-8-9-10-11-12-13-14-15-16-17-19-34-20-18-22(32)31-21-28-23-24(31)29-26(27)30-25(23)33/h21-22,32H,2-20H2,1H3,(H3,27,29,30,33). The van der Waals surface area contributed by atoms with Crippen molar-refractivity contribution in [1.29, 1.82) is 0 Å². The Morgan fingerprint density at radius 1 is 0.912 bits per heavy atom. The van der Waals surface area contributed by atoms with Crippen LogP contribution in [0.2, 0.25) is 0 Å². The zero-order chi connectivity index (χ0) is 24.4. The molecule has 8 heteroatoms. The molecule has 0 radical (unpaired) electrons. The van der Waals surface area contributed by atoms with Crippen LogP contribution in [-0.2, 0) is 0 Å². The molecule has 0 saturated carbocycles. The SMILES string of the molecule is CCCCCCCCCCCCCCCCCCSCCC(O)n1cnc2c(=O)[nH]c(N)nc21. The lowest BCUT2D eigenvalue weighted by molar-refractivity contribution is 0.105. The van der Waals surface area contributed by atoms with Gasteiger partial charge in [-0.25, -0.2) is 4.98 Å². The van der Waals surface area contributed by atoms with E-state index in [1.54, 1.807) is 0 Å². The third-order valence-electron chi connectivity index (χ3n) is 6.43. The van der Waals surface area contributed by atoms with Crippen LogP contribution in [0.4, 0.5) is 5.95 Å². The van der Waals surface area contributed by atoms with Crippen LogP contribution < -0.4 is 11.3 Å². The first-order chi connectivity index (χ1) is 16.6. The number of fused-ring (bicyclic) bond motifs is 1. The number of hydrogen-bond donors (Lipinski definition) is 3. The van der Waals surface area contributed by atoms with E-state index >= 15 is 0 Å². The van der Waals surface area contributed by atoms with E-state index in [0.29, 0.717) is 12.1 Å². The lowest BCUT2D eigenvalue weighted by Gasteiger charge is -2.12. The predicted molar refractivity (Wildman–Crippen MR) is 145 cm³/mol. The molecule has 4 N–H and O–H groups in total. The summed E-state index contributed by atoms with van der Waals surface area (Å²) in [7, 11) is 0. The quantitative estimate of drug-likeness (QED) is 0.169. The van der Waals surface area contributed by atoms with Crippen LogP contribution in [0.15, 0.2) is 11.1 Å². The van der Waals surface area contributed by atoms with Gasteiger partial charge in [-0.15, -0.1) is 0 Å². The Morgan fingerprint density at radius 3 is 2.00 bits per heavy atom. The molecule has 0 aliphatic heterocycles. The summed E-state index contributed by atoms with van der Waals surface area (Å²) in [4.78, 5) is 22.4. The number of aliphatic hydroxyl groups is 1. The molecule has 2 rings (SSSR count). The summed E-state index contributed by atoms with van der Waals surface area (Å²) in [6, 6.07) is 0. The van der Waals surface area contributed by atoms with Crippen LogP contribution in [0.1, 0.15) is 122 Å². The Labute approximate surface area is 209 Å². The number of H-pyrrole nitrogens is 1. The van der Waals surface area contributed by atoms with Crippen LogP contribution in [0.3, 0.4) is 0 Å². The number of unbranched alkanes of at least 4 members (excludes halogenated alkanes) is 15. The molecule has 0 spiro atoms. The fraction of sp³-hybridized carbons (Fsp3) is 0.808. The van der Waals surface area contributed by atoms with E-state index < -0.39 is 6.23 Å². The van der Waals surface area contributed by atoms with Gasteiger partial charge < -0.3 is 10.8 Å². The van der Waals surface area contributed by atoms with Gasteiger partial charge in [0.2, 0.25) is 5.95 Å². The van der Waals surface area contributed by atoms with Crippen molar-refractivity contribution >= 4 is 28.9 Å². The molecule has 0 fully saturated rings. The Bertz CT molecular complexity index is 838. The van der Waals surface area contributed by atoms with Gasteiger partial charge in [0.25, 0.3) is 5.56 Å². The van der Waals surface area contributed by atoms with Gasteiger partial charge in [-0.2, -0.15) is 16.7 Å². The number of nitrogens with two attached hydrogens (primary N) is 1. The maximum atomic E-state index is 11.8. The molecule has 1 unspecified atom stereocenters. The van der Waals surface area contributed by atoms with E-state index in [2.05, 4.69) is 21.9 Å². The highest BCUT2D eigenvalue weighted by Gasteiger charge is 2.14. The monoisotopic (exact) mass is 493 g/mol. The first kappa shape index (κ1) is 28.7. The highest BCUT2D eigenvalue weighted by atomic mass is 32.2. The zero-order valence-electron chi connectivity index (χ0n) is 21.3. The number of hydrogen-bond acceptors (Lipinski definition) is 6. The van der Waals surface area contributed by atoms with E-state index in [1.165, 1.54) is 114 Å². The molecule has 2 aromatic heterocycles. The van der Waals surface area contributed by atoms with Crippen LogP contribution in [0.25, 0.3) is 11.2 Å². The smallest absolute Gasteiger partial charge is 0.280 e. The second kappa shape index (κ2) is 17.8. The van der Waals surface area contributed by atoms with Gasteiger partial charge in [-0.1, -0.05) is 103 Å². The van der Waals surface area contributed by atoms with Crippen molar-refractivity contribution in [3.8, 4) is 0 Å². The summed E-state index contributed by atoms with van der Waals surface area (Å²) >= 11 is 1.87. The number of anilines is 1. The van der Waals surface area contributed by atoms with Crippen LogP contribution in [0, 0.1) is 0 Å². The molecule has 194 valence electrons. The fourth-order valence-corrected chi connectivity index (χ4v) is 5.33. The normalized spacial score (nSPS) is 12.5. The van der Waals surface area contributed by atoms with E-state index in [0.717, 1.165) is 11.5 Å². The van der Waals surface area contributed by atoms with Gasteiger partial charge in [0, 0.05) is 6.42 Å². The maximum absolute atomic E-state index is 11.8. The minimum absolute atomic E-state index is 0.0318. The molecule has 1 atom stereocenters. The first-order valence-electron chi connectivity index (χ1n) is 13.6. The molecule has 0 aliphatic carbocycles. The van der Waals surface area contributed by atoms with Crippen LogP contribution in [0.5, 0.6) is 0 Å². The van der Waals surface area contributed by atoms with Crippen molar-refractivity contribution in [2.45, 2.75) is 122 Å². The van der Waals surface area contributed by atoms with Crippen LogP contribution >= 0.6 is 11.8 Å². The number of nitrogen functional groups attached to an aromatic ring is 1. The lowest BCUT2D eigenvalue weighted by Crippen LogP contribution is -2.14. The average molecular weight is 494 g/mol. The first-order valence-corrected chi connectivity index (χ1v) is 14.8. The predicted octanol–water partition coefficient (Wildman–Crippen LogP) is 6.58. The molecule has 2 heterocycles. The highest BCUT2D eigenvalue weighted by molar-refractivity contribution is 7.99. The van der Waals surface area contributed by atoms with Crippen molar-refractivity contribution in [1.82, 2.24) is 19.5 Å². The van der Waals surface area contributed by atoms with Gasteiger partial charge in [0.1, 0.15) is 6.23 Å². The Hall–Kier alpha value is -1.54. The summed E-state index contributed by atoms with van der Waals surface area (Å²) in [6.07, 6.45) is 23.5. The molecule has 0 amide bonds. The fourth-order valence-electron chi connectivity index (χ4n) is 4.34.